The van der Waals surface area contributed by atoms with Crippen LogP contribution in [0.4, 0.5) is 0 Å². The molecule has 120 valence electrons. The lowest BCUT2D eigenvalue weighted by molar-refractivity contribution is 0.244. The Labute approximate surface area is 127 Å². The molecule has 2 nitrogen and oxygen atoms in total. The van der Waals surface area contributed by atoms with E-state index in [4.69, 9.17) is 0 Å². The molecule has 0 saturated heterocycles. The molecule has 0 aromatic heterocycles. The molecule has 0 spiro atoms. The van der Waals surface area contributed by atoms with Crippen molar-refractivity contribution >= 4 is 0 Å². The second-order valence-corrected chi connectivity index (χ2v) is 6.92. The molecule has 4 unspecified atom stereocenters. The van der Waals surface area contributed by atoms with Crippen LogP contribution in [0.5, 0.6) is 0 Å². The minimum atomic E-state index is 0.674. The van der Waals surface area contributed by atoms with Crippen LogP contribution in [-0.2, 0) is 0 Å². The highest BCUT2D eigenvalue weighted by molar-refractivity contribution is 4.89. The first-order valence-corrected chi connectivity index (χ1v) is 9.19. The molecule has 0 aromatic rings. The summed E-state index contributed by atoms with van der Waals surface area (Å²) in [7, 11) is 0. The molecule has 0 bridgehead atoms. The predicted molar refractivity (Wildman–Crippen MR) is 90.3 cm³/mol. The molecule has 0 radical (unpaired) electrons. The molecule has 1 aliphatic carbocycles. The van der Waals surface area contributed by atoms with E-state index in [1.807, 2.05) is 0 Å². The van der Waals surface area contributed by atoms with Crippen LogP contribution in [0.1, 0.15) is 91.9 Å². The third kappa shape index (κ3) is 7.08. The fraction of sp³-hybridized carbons (Fsp3) is 1.00. The zero-order valence-corrected chi connectivity index (χ0v) is 14.4. The topological polar surface area (TPSA) is 24.1 Å². The Morgan fingerprint density at radius 3 is 1.55 bits per heavy atom. The molecule has 20 heavy (non-hydrogen) atoms. The fourth-order valence-corrected chi connectivity index (χ4v) is 3.45. The summed E-state index contributed by atoms with van der Waals surface area (Å²) in [5, 5.41) is 7.81. The second kappa shape index (κ2) is 10.6. The highest BCUT2D eigenvalue weighted by atomic mass is 15.1. The summed E-state index contributed by atoms with van der Waals surface area (Å²) in [6.45, 7) is 9.30. The van der Waals surface area contributed by atoms with Crippen LogP contribution in [0.2, 0.25) is 0 Å². The van der Waals surface area contributed by atoms with Gasteiger partial charge in [-0.3, -0.25) is 0 Å². The first kappa shape index (κ1) is 18.0. The average molecular weight is 283 g/mol. The molecule has 1 aliphatic rings. The van der Waals surface area contributed by atoms with Crippen LogP contribution in [0.15, 0.2) is 0 Å². The van der Waals surface area contributed by atoms with E-state index in [1.54, 1.807) is 0 Å². The Kier molecular flexibility index (Phi) is 9.54. The van der Waals surface area contributed by atoms with Crippen molar-refractivity contribution in [3.63, 3.8) is 0 Å². The van der Waals surface area contributed by atoms with Crippen molar-refractivity contribution < 1.29 is 0 Å². The second-order valence-electron chi connectivity index (χ2n) is 6.92. The van der Waals surface area contributed by atoms with Crippen LogP contribution in [0.3, 0.4) is 0 Å². The molecular weight excluding hydrogens is 244 g/mol. The monoisotopic (exact) mass is 282 g/mol. The van der Waals surface area contributed by atoms with Crippen molar-refractivity contribution in [2.75, 3.05) is 0 Å². The fourth-order valence-electron chi connectivity index (χ4n) is 3.45. The zero-order chi connectivity index (χ0) is 14.8. The molecule has 2 N–H and O–H groups in total. The third-order valence-corrected chi connectivity index (χ3v) is 4.74. The number of rotatable bonds is 10. The Hall–Kier alpha value is -0.0800. The number of nitrogens with one attached hydrogen (secondary N) is 2. The lowest BCUT2D eigenvalue weighted by atomic mass is 9.88. The molecule has 1 fully saturated rings. The van der Waals surface area contributed by atoms with E-state index in [0.717, 1.165) is 0 Å². The largest absolute Gasteiger partial charge is 0.310 e. The van der Waals surface area contributed by atoms with Crippen LogP contribution in [0.25, 0.3) is 0 Å². The van der Waals surface area contributed by atoms with Crippen molar-refractivity contribution in [1.29, 1.82) is 0 Å². The van der Waals surface area contributed by atoms with Gasteiger partial charge >= 0.3 is 0 Å². The Morgan fingerprint density at radius 1 is 0.800 bits per heavy atom. The van der Waals surface area contributed by atoms with Gasteiger partial charge in [-0.2, -0.15) is 0 Å². The SMILES string of the molecule is CCCCC(C)NC1CCCCC1NC(C)CCCC. The van der Waals surface area contributed by atoms with Gasteiger partial charge in [-0.15, -0.1) is 0 Å². The molecule has 0 amide bonds. The molecule has 0 aliphatic heterocycles. The highest BCUT2D eigenvalue weighted by Crippen LogP contribution is 2.20. The van der Waals surface area contributed by atoms with E-state index in [-0.39, 0.29) is 0 Å². The normalized spacial score (nSPS) is 26.4. The Morgan fingerprint density at radius 2 is 1.20 bits per heavy atom. The number of unbranched alkanes of at least 4 members (excludes halogenated alkanes) is 2. The van der Waals surface area contributed by atoms with Gasteiger partial charge in [0.15, 0.2) is 0 Å². The smallest absolute Gasteiger partial charge is 0.0223 e. The van der Waals surface area contributed by atoms with Gasteiger partial charge in [0, 0.05) is 24.2 Å². The zero-order valence-electron chi connectivity index (χ0n) is 14.4. The van der Waals surface area contributed by atoms with E-state index in [2.05, 4.69) is 38.3 Å². The summed E-state index contributed by atoms with van der Waals surface area (Å²) in [6, 6.07) is 2.74. The first-order chi connectivity index (χ1) is 9.67. The maximum Gasteiger partial charge on any atom is 0.0223 e. The average Bonchev–Trinajstić information content (AvgIpc) is 2.45. The van der Waals surface area contributed by atoms with E-state index < -0.39 is 0 Å². The minimum absolute atomic E-state index is 0.674. The van der Waals surface area contributed by atoms with Gasteiger partial charge in [0.1, 0.15) is 0 Å². The summed E-state index contributed by atoms with van der Waals surface area (Å²) in [5.41, 5.74) is 0. The third-order valence-electron chi connectivity index (χ3n) is 4.74. The van der Waals surface area contributed by atoms with E-state index in [0.29, 0.717) is 24.2 Å². The summed E-state index contributed by atoms with van der Waals surface area (Å²) in [6.07, 6.45) is 13.5. The Balaban J connectivity index is 2.36. The van der Waals surface area contributed by atoms with Crippen molar-refractivity contribution in [2.45, 2.75) is 116 Å². The maximum absolute atomic E-state index is 3.90. The quantitative estimate of drug-likeness (QED) is 0.610. The maximum atomic E-state index is 3.90. The van der Waals surface area contributed by atoms with Crippen LogP contribution < -0.4 is 10.6 Å². The van der Waals surface area contributed by atoms with Crippen molar-refractivity contribution in [3.8, 4) is 0 Å². The van der Waals surface area contributed by atoms with E-state index in [9.17, 15) is 0 Å². The highest BCUT2D eigenvalue weighted by Gasteiger charge is 2.26. The minimum Gasteiger partial charge on any atom is -0.310 e. The van der Waals surface area contributed by atoms with Crippen molar-refractivity contribution in [1.82, 2.24) is 10.6 Å². The van der Waals surface area contributed by atoms with Gasteiger partial charge in [0.25, 0.3) is 0 Å². The molecule has 1 saturated carbocycles. The summed E-state index contributed by atoms with van der Waals surface area (Å²) in [5.74, 6) is 0. The predicted octanol–water partition coefficient (Wildman–Crippen LogP) is 4.63. The van der Waals surface area contributed by atoms with E-state index in [1.165, 1.54) is 64.2 Å². The summed E-state index contributed by atoms with van der Waals surface area (Å²) >= 11 is 0. The van der Waals surface area contributed by atoms with Crippen LogP contribution in [-0.4, -0.2) is 24.2 Å². The molecular formula is C18H38N2. The van der Waals surface area contributed by atoms with Gasteiger partial charge in [0.05, 0.1) is 0 Å². The lowest BCUT2D eigenvalue weighted by Crippen LogP contribution is -2.54. The van der Waals surface area contributed by atoms with Gasteiger partial charge in [-0.05, 0) is 39.5 Å². The van der Waals surface area contributed by atoms with Gasteiger partial charge in [-0.1, -0.05) is 52.4 Å². The van der Waals surface area contributed by atoms with Crippen LogP contribution >= 0.6 is 0 Å². The van der Waals surface area contributed by atoms with E-state index >= 15 is 0 Å². The van der Waals surface area contributed by atoms with Crippen molar-refractivity contribution in [3.05, 3.63) is 0 Å². The van der Waals surface area contributed by atoms with Gasteiger partial charge < -0.3 is 10.6 Å². The summed E-state index contributed by atoms with van der Waals surface area (Å²) in [4.78, 5) is 0. The Bertz CT molecular complexity index is 205. The summed E-state index contributed by atoms with van der Waals surface area (Å²) < 4.78 is 0. The van der Waals surface area contributed by atoms with Crippen molar-refractivity contribution in [2.24, 2.45) is 0 Å². The van der Waals surface area contributed by atoms with Gasteiger partial charge in [0.2, 0.25) is 0 Å². The lowest BCUT2D eigenvalue weighted by Gasteiger charge is -2.37. The molecule has 4 atom stereocenters. The standard InChI is InChI=1S/C18H38N2/c1-5-7-11-15(3)19-17-13-9-10-14-18(17)20-16(4)12-8-6-2/h15-20H,5-14H2,1-4H3. The molecule has 0 heterocycles. The first-order valence-electron chi connectivity index (χ1n) is 9.19. The van der Waals surface area contributed by atoms with Gasteiger partial charge in [-0.25, -0.2) is 0 Å². The molecule has 2 heteroatoms. The molecule has 1 rings (SSSR count). The number of hydrogen-bond acceptors (Lipinski definition) is 2. The van der Waals surface area contributed by atoms with Crippen LogP contribution in [0, 0.1) is 0 Å². The molecule has 0 aromatic carbocycles. The number of hydrogen-bond donors (Lipinski definition) is 2.